The van der Waals surface area contributed by atoms with Crippen LogP contribution < -0.4 is 5.32 Å². The van der Waals surface area contributed by atoms with E-state index in [1.807, 2.05) is 6.07 Å². The quantitative estimate of drug-likeness (QED) is 0.488. The van der Waals surface area contributed by atoms with Crippen LogP contribution in [0, 0.1) is 17.2 Å². The normalized spacial score (nSPS) is 32.9. The van der Waals surface area contributed by atoms with Gasteiger partial charge in [-0.15, -0.1) is 12.4 Å². The van der Waals surface area contributed by atoms with Crippen LogP contribution in [0.2, 0.25) is 0 Å². The van der Waals surface area contributed by atoms with Gasteiger partial charge in [-0.05, 0) is 0 Å². The smallest absolute Gasteiger partial charge is 0.0859 e. The summed E-state index contributed by atoms with van der Waals surface area (Å²) in [6.45, 7) is 1.20. The first-order valence-corrected chi connectivity index (χ1v) is 2.63. The summed E-state index contributed by atoms with van der Waals surface area (Å²) >= 11 is 0. The van der Waals surface area contributed by atoms with Crippen molar-refractivity contribution in [3.05, 3.63) is 0 Å². The third-order valence-corrected chi connectivity index (χ3v) is 1.35. The van der Waals surface area contributed by atoms with Gasteiger partial charge in [-0.3, -0.25) is 0 Å². The minimum absolute atomic E-state index is 0. The fourth-order valence-corrected chi connectivity index (χ4v) is 0.797. The van der Waals surface area contributed by atoms with Crippen LogP contribution in [0.3, 0.4) is 0 Å². The Morgan fingerprint density at radius 2 is 2.22 bits per heavy atom. The van der Waals surface area contributed by atoms with E-state index in [0.717, 1.165) is 0 Å². The number of nitrogens with one attached hydrogen (secondary N) is 1. The Hall–Kier alpha value is -0.300. The third-order valence-electron chi connectivity index (χ3n) is 1.35. The number of β-amino-alcohol motifs (C(OH)–C–C–N with tert-alkyl or cyclic N) is 1. The van der Waals surface area contributed by atoms with Gasteiger partial charge in [0.2, 0.25) is 0 Å². The van der Waals surface area contributed by atoms with E-state index in [0.29, 0.717) is 13.1 Å². The minimum atomic E-state index is -0.444. The number of halogens is 1. The molecule has 2 N–H and O–H groups in total. The Labute approximate surface area is 60.1 Å². The Balaban J connectivity index is 0.000000640. The number of hydrogen-bond acceptors (Lipinski definition) is 3. The average molecular weight is 149 g/mol. The predicted octanol–water partition coefficient (Wildman–Crippen LogP) is -0.488. The molecule has 1 aliphatic rings. The lowest BCUT2D eigenvalue weighted by Gasteiger charge is -1.99. The van der Waals surface area contributed by atoms with Crippen LogP contribution in [0.25, 0.3) is 0 Å². The van der Waals surface area contributed by atoms with Gasteiger partial charge in [0.15, 0.2) is 0 Å². The first kappa shape index (κ1) is 8.70. The van der Waals surface area contributed by atoms with Gasteiger partial charge in [0.25, 0.3) is 0 Å². The van der Waals surface area contributed by atoms with Crippen molar-refractivity contribution in [2.24, 2.45) is 5.92 Å². The van der Waals surface area contributed by atoms with Gasteiger partial charge in [0, 0.05) is 13.1 Å². The number of nitriles is 1. The summed E-state index contributed by atoms with van der Waals surface area (Å²) in [7, 11) is 0. The Bertz CT molecular complexity index is 123. The monoisotopic (exact) mass is 148 g/mol. The molecule has 1 rings (SSSR count). The van der Waals surface area contributed by atoms with Crippen molar-refractivity contribution in [1.82, 2.24) is 5.32 Å². The van der Waals surface area contributed by atoms with Crippen molar-refractivity contribution < 1.29 is 5.11 Å². The van der Waals surface area contributed by atoms with Crippen LogP contribution >= 0.6 is 12.4 Å². The fourth-order valence-electron chi connectivity index (χ4n) is 0.797. The largest absolute Gasteiger partial charge is 0.390 e. The van der Waals surface area contributed by atoms with Crippen molar-refractivity contribution in [3.63, 3.8) is 0 Å². The van der Waals surface area contributed by atoms with Crippen molar-refractivity contribution in [1.29, 1.82) is 5.26 Å². The molecule has 0 unspecified atom stereocenters. The Morgan fingerprint density at radius 3 is 2.44 bits per heavy atom. The van der Waals surface area contributed by atoms with E-state index in [1.54, 1.807) is 0 Å². The topological polar surface area (TPSA) is 56.0 Å². The van der Waals surface area contributed by atoms with E-state index in [2.05, 4.69) is 5.32 Å². The molecule has 1 heterocycles. The Morgan fingerprint density at radius 1 is 1.56 bits per heavy atom. The van der Waals surface area contributed by atoms with Crippen LogP contribution in [0.5, 0.6) is 0 Å². The molecular weight excluding hydrogens is 140 g/mol. The van der Waals surface area contributed by atoms with Crippen LogP contribution in [0.1, 0.15) is 0 Å². The number of aliphatic hydroxyl groups is 1. The zero-order valence-electron chi connectivity index (χ0n) is 4.87. The molecule has 0 aromatic carbocycles. The maximum absolute atomic E-state index is 8.90. The van der Waals surface area contributed by atoms with Crippen molar-refractivity contribution >= 4 is 12.4 Å². The van der Waals surface area contributed by atoms with E-state index < -0.39 is 6.10 Å². The summed E-state index contributed by atoms with van der Waals surface area (Å²) in [6.07, 6.45) is -0.444. The minimum Gasteiger partial charge on any atom is -0.390 e. The van der Waals surface area contributed by atoms with Crippen molar-refractivity contribution in [2.75, 3.05) is 13.1 Å². The lowest BCUT2D eigenvalue weighted by Crippen LogP contribution is -2.15. The summed E-state index contributed by atoms with van der Waals surface area (Å²) in [6, 6.07) is 2.00. The highest BCUT2D eigenvalue weighted by Gasteiger charge is 2.23. The first-order valence-electron chi connectivity index (χ1n) is 2.63. The molecule has 3 nitrogen and oxygen atoms in total. The molecule has 0 spiro atoms. The van der Waals surface area contributed by atoms with Crippen LogP contribution in [-0.4, -0.2) is 24.3 Å². The SMILES string of the molecule is Cl.N#C[C@@H]1CNC[C@H]1O. The first-order chi connectivity index (χ1) is 3.84. The second kappa shape index (κ2) is 3.67. The summed E-state index contributed by atoms with van der Waals surface area (Å²) in [4.78, 5) is 0. The molecule has 52 valence electrons. The van der Waals surface area contributed by atoms with Gasteiger partial charge in [0.1, 0.15) is 0 Å². The molecule has 0 amide bonds. The number of hydrogen-bond donors (Lipinski definition) is 2. The van der Waals surface area contributed by atoms with Gasteiger partial charge < -0.3 is 10.4 Å². The zero-order chi connectivity index (χ0) is 5.98. The van der Waals surface area contributed by atoms with Gasteiger partial charge >= 0.3 is 0 Å². The van der Waals surface area contributed by atoms with Gasteiger partial charge in [-0.2, -0.15) is 5.26 Å². The molecule has 0 aromatic rings. The molecule has 1 fully saturated rings. The van der Waals surface area contributed by atoms with E-state index in [1.165, 1.54) is 0 Å². The summed E-state index contributed by atoms with van der Waals surface area (Å²) in [5.74, 6) is -0.185. The highest BCUT2D eigenvalue weighted by Crippen LogP contribution is 2.05. The number of rotatable bonds is 0. The molecule has 0 aliphatic carbocycles. The molecule has 2 atom stereocenters. The van der Waals surface area contributed by atoms with E-state index in [9.17, 15) is 0 Å². The predicted molar refractivity (Wildman–Crippen MR) is 35.2 cm³/mol. The highest BCUT2D eigenvalue weighted by atomic mass is 35.5. The summed E-state index contributed by atoms with van der Waals surface area (Å²) in [5.41, 5.74) is 0. The standard InChI is InChI=1S/C5H8N2O.ClH/c6-1-4-2-7-3-5(4)8;/h4-5,7-8H,2-3H2;1H/t4-,5-;/m1./s1. The summed E-state index contributed by atoms with van der Waals surface area (Å²) < 4.78 is 0. The van der Waals surface area contributed by atoms with Crippen molar-refractivity contribution in [3.8, 4) is 6.07 Å². The number of aliphatic hydroxyl groups excluding tert-OH is 1. The van der Waals surface area contributed by atoms with Crippen LogP contribution in [0.4, 0.5) is 0 Å². The van der Waals surface area contributed by atoms with E-state index in [4.69, 9.17) is 10.4 Å². The molecule has 0 bridgehead atoms. The third kappa shape index (κ3) is 1.83. The second-order valence-corrected chi connectivity index (χ2v) is 1.96. The molecular formula is C5H9ClN2O. The van der Waals surface area contributed by atoms with Gasteiger partial charge in [-0.25, -0.2) is 0 Å². The molecule has 0 aromatic heterocycles. The van der Waals surface area contributed by atoms with E-state index >= 15 is 0 Å². The Kier molecular flexibility index (Phi) is 3.55. The van der Waals surface area contributed by atoms with Gasteiger partial charge in [0.05, 0.1) is 18.1 Å². The maximum Gasteiger partial charge on any atom is 0.0859 e. The lowest BCUT2D eigenvalue weighted by molar-refractivity contribution is 0.170. The van der Waals surface area contributed by atoms with Crippen molar-refractivity contribution in [2.45, 2.75) is 6.10 Å². The molecule has 1 saturated heterocycles. The van der Waals surface area contributed by atoms with E-state index in [-0.39, 0.29) is 18.3 Å². The molecule has 9 heavy (non-hydrogen) atoms. The molecule has 4 heteroatoms. The molecule has 0 radical (unpaired) electrons. The molecule has 0 saturated carbocycles. The summed E-state index contributed by atoms with van der Waals surface area (Å²) in [5, 5.41) is 20.1. The molecule has 1 aliphatic heterocycles. The van der Waals surface area contributed by atoms with Gasteiger partial charge in [-0.1, -0.05) is 0 Å². The zero-order valence-corrected chi connectivity index (χ0v) is 5.69. The van der Waals surface area contributed by atoms with Crippen LogP contribution in [0.15, 0.2) is 0 Å². The fraction of sp³-hybridized carbons (Fsp3) is 0.800. The second-order valence-electron chi connectivity index (χ2n) is 1.96. The average Bonchev–Trinajstić information content (AvgIpc) is 2.14. The number of nitrogens with zero attached hydrogens (tertiary/aromatic N) is 1. The lowest BCUT2D eigenvalue weighted by atomic mass is 10.1. The van der Waals surface area contributed by atoms with Crippen LogP contribution in [-0.2, 0) is 0 Å². The highest BCUT2D eigenvalue weighted by molar-refractivity contribution is 5.85. The maximum atomic E-state index is 8.90.